The number of benzene rings is 3. The molecule has 1 fully saturated rings. The number of carboxylic acids is 1. The Balaban J connectivity index is 1.28. The third kappa shape index (κ3) is 6.36. The fraction of sp³-hybridized carbons (Fsp3) is 0.312. The first kappa shape index (κ1) is 28.6. The largest absolute Gasteiger partial charge is 0.481 e. The van der Waals surface area contributed by atoms with Gasteiger partial charge in [0, 0.05) is 18.1 Å². The van der Waals surface area contributed by atoms with Crippen molar-refractivity contribution in [2.24, 2.45) is 0 Å². The zero-order valence-electron chi connectivity index (χ0n) is 22.7. The Morgan fingerprint density at radius 3 is 2.24 bits per heavy atom. The molecule has 214 valence electrons. The molecular formula is C32H30F3NO5. The number of hydrogen-bond donors (Lipinski definition) is 1. The average Bonchev–Trinajstić information content (AvgIpc) is 3.63. The van der Waals surface area contributed by atoms with Crippen molar-refractivity contribution in [1.29, 1.82) is 0 Å². The fourth-order valence-corrected chi connectivity index (χ4v) is 5.19. The Hall–Kier alpha value is -3.95. The zero-order chi connectivity index (χ0) is 29.2. The highest BCUT2D eigenvalue weighted by Crippen LogP contribution is 2.51. The van der Waals surface area contributed by atoms with E-state index < -0.39 is 23.8 Å². The van der Waals surface area contributed by atoms with Gasteiger partial charge in [0.1, 0.15) is 6.10 Å². The minimum atomic E-state index is -4.42. The van der Waals surface area contributed by atoms with Gasteiger partial charge in [-0.2, -0.15) is 13.2 Å². The van der Waals surface area contributed by atoms with Gasteiger partial charge in [-0.05, 0) is 54.2 Å². The Morgan fingerprint density at radius 1 is 1.02 bits per heavy atom. The average molecular weight is 566 g/mol. The lowest BCUT2D eigenvalue weighted by molar-refractivity contribution is -0.138. The lowest BCUT2D eigenvalue weighted by Gasteiger charge is -2.17. The maximum atomic E-state index is 13.0. The van der Waals surface area contributed by atoms with Crippen LogP contribution in [0.4, 0.5) is 13.2 Å². The summed E-state index contributed by atoms with van der Waals surface area (Å²) in [4.78, 5) is 11.2. The van der Waals surface area contributed by atoms with Crippen molar-refractivity contribution in [3.8, 4) is 22.5 Å². The predicted molar refractivity (Wildman–Crippen MR) is 146 cm³/mol. The molecule has 0 aliphatic heterocycles. The smallest absolute Gasteiger partial charge is 0.416 e. The van der Waals surface area contributed by atoms with E-state index in [4.69, 9.17) is 14.0 Å². The minimum absolute atomic E-state index is 0.00560. The maximum absolute atomic E-state index is 13.0. The molecule has 0 radical (unpaired) electrons. The molecule has 0 spiro atoms. The summed E-state index contributed by atoms with van der Waals surface area (Å²) in [7, 11) is 1.53. The SMILES string of the molecule is COC(COCc1cccc(C(F)(F)F)c1)c1c(C)noc1-c1ccc(-c2ccc(C3(CC(=O)O)CC3)cc2)cc1. The highest BCUT2D eigenvalue weighted by Gasteiger charge is 2.45. The van der Waals surface area contributed by atoms with Gasteiger partial charge in [-0.1, -0.05) is 65.8 Å². The molecule has 0 saturated heterocycles. The molecule has 4 aromatic rings. The van der Waals surface area contributed by atoms with Crippen molar-refractivity contribution in [1.82, 2.24) is 5.16 Å². The molecule has 1 aromatic heterocycles. The number of hydrogen-bond acceptors (Lipinski definition) is 5. The summed E-state index contributed by atoms with van der Waals surface area (Å²) < 4.78 is 56.2. The normalized spacial score (nSPS) is 15.0. The van der Waals surface area contributed by atoms with E-state index in [0.717, 1.165) is 47.2 Å². The summed E-state index contributed by atoms with van der Waals surface area (Å²) in [6.07, 6.45) is -3.02. The van der Waals surface area contributed by atoms with Gasteiger partial charge < -0.3 is 19.1 Å². The van der Waals surface area contributed by atoms with Gasteiger partial charge in [-0.15, -0.1) is 0 Å². The zero-order valence-corrected chi connectivity index (χ0v) is 22.7. The van der Waals surface area contributed by atoms with E-state index in [2.05, 4.69) is 5.16 Å². The van der Waals surface area contributed by atoms with E-state index >= 15 is 0 Å². The Kier molecular flexibility index (Phi) is 8.02. The summed E-state index contributed by atoms with van der Waals surface area (Å²) >= 11 is 0. The monoisotopic (exact) mass is 565 g/mol. The van der Waals surface area contributed by atoms with Crippen LogP contribution in [-0.4, -0.2) is 29.9 Å². The van der Waals surface area contributed by atoms with Gasteiger partial charge in [-0.25, -0.2) is 0 Å². The third-order valence-electron chi connectivity index (χ3n) is 7.63. The Labute approximate surface area is 235 Å². The summed E-state index contributed by atoms with van der Waals surface area (Å²) in [5.41, 5.74) is 4.66. The molecule has 1 unspecified atom stereocenters. The summed E-state index contributed by atoms with van der Waals surface area (Å²) in [5.74, 6) is -0.245. The molecule has 6 nitrogen and oxygen atoms in total. The number of halogens is 3. The van der Waals surface area contributed by atoms with Gasteiger partial charge in [0.05, 0.1) is 36.5 Å². The van der Waals surface area contributed by atoms with E-state index in [-0.39, 0.29) is 25.0 Å². The lowest BCUT2D eigenvalue weighted by atomic mass is 9.91. The maximum Gasteiger partial charge on any atom is 0.416 e. The molecule has 1 aliphatic carbocycles. The Morgan fingerprint density at radius 2 is 1.66 bits per heavy atom. The first-order chi connectivity index (χ1) is 19.6. The Bertz CT molecular complexity index is 1510. The molecule has 1 aliphatic rings. The summed E-state index contributed by atoms with van der Waals surface area (Å²) in [6, 6.07) is 20.9. The highest BCUT2D eigenvalue weighted by molar-refractivity contribution is 5.72. The first-order valence-electron chi connectivity index (χ1n) is 13.3. The quantitative estimate of drug-likeness (QED) is 0.200. The lowest BCUT2D eigenvalue weighted by Crippen LogP contribution is -2.12. The second kappa shape index (κ2) is 11.5. The van der Waals surface area contributed by atoms with Crippen LogP contribution in [0.3, 0.4) is 0 Å². The number of aromatic nitrogens is 1. The molecule has 1 N–H and O–H groups in total. The van der Waals surface area contributed by atoms with Crippen LogP contribution >= 0.6 is 0 Å². The topological polar surface area (TPSA) is 81.8 Å². The van der Waals surface area contributed by atoms with E-state index in [1.54, 1.807) is 13.0 Å². The third-order valence-corrected chi connectivity index (χ3v) is 7.63. The van der Waals surface area contributed by atoms with Crippen molar-refractivity contribution in [2.45, 2.75) is 50.5 Å². The number of rotatable bonds is 11. The molecule has 0 bridgehead atoms. The van der Waals surface area contributed by atoms with Crippen LogP contribution in [0.2, 0.25) is 0 Å². The van der Waals surface area contributed by atoms with Crippen molar-refractivity contribution >= 4 is 5.97 Å². The van der Waals surface area contributed by atoms with Gasteiger partial charge in [0.15, 0.2) is 5.76 Å². The number of carboxylic acid groups (broad SMARTS) is 1. The number of methoxy groups -OCH3 is 1. The van der Waals surface area contributed by atoms with Crippen LogP contribution < -0.4 is 0 Å². The molecule has 3 aromatic carbocycles. The van der Waals surface area contributed by atoms with E-state index in [1.807, 2.05) is 48.5 Å². The van der Waals surface area contributed by atoms with Crippen LogP contribution in [0.5, 0.6) is 0 Å². The van der Waals surface area contributed by atoms with Crippen LogP contribution in [0, 0.1) is 6.92 Å². The molecule has 5 rings (SSSR count). The number of carbonyl (C=O) groups is 1. The molecule has 1 atom stereocenters. The fourth-order valence-electron chi connectivity index (χ4n) is 5.19. The van der Waals surface area contributed by atoms with E-state index in [1.165, 1.54) is 13.2 Å². The van der Waals surface area contributed by atoms with Crippen LogP contribution in [0.1, 0.15) is 53.3 Å². The van der Waals surface area contributed by atoms with Crippen molar-refractivity contribution < 1.29 is 37.1 Å². The number of aryl methyl sites for hydroxylation is 1. The molecule has 9 heteroatoms. The second-order valence-corrected chi connectivity index (χ2v) is 10.5. The van der Waals surface area contributed by atoms with Crippen LogP contribution in [0.15, 0.2) is 77.3 Å². The number of alkyl halides is 3. The van der Waals surface area contributed by atoms with Gasteiger partial charge >= 0.3 is 12.1 Å². The van der Waals surface area contributed by atoms with Crippen molar-refractivity contribution in [2.75, 3.05) is 13.7 Å². The van der Waals surface area contributed by atoms with Crippen molar-refractivity contribution in [3.05, 3.63) is 101 Å². The molecule has 41 heavy (non-hydrogen) atoms. The molecular weight excluding hydrogens is 535 g/mol. The van der Waals surface area contributed by atoms with Gasteiger partial charge in [-0.3, -0.25) is 4.79 Å². The summed E-state index contributed by atoms with van der Waals surface area (Å²) in [5, 5.41) is 13.4. The van der Waals surface area contributed by atoms with Gasteiger partial charge in [0.25, 0.3) is 0 Å². The second-order valence-electron chi connectivity index (χ2n) is 10.5. The van der Waals surface area contributed by atoms with Crippen LogP contribution in [0.25, 0.3) is 22.5 Å². The van der Waals surface area contributed by atoms with E-state index in [0.29, 0.717) is 22.6 Å². The number of ether oxygens (including phenoxy) is 2. The van der Waals surface area contributed by atoms with Crippen LogP contribution in [-0.2, 0) is 32.5 Å². The summed E-state index contributed by atoms with van der Waals surface area (Å²) in [6.45, 7) is 1.89. The molecule has 1 saturated carbocycles. The predicted octanol–water partition coefficient (Wildman–Crippen LogP) is 7.75. The molecule has 0 amide bonds. The molecule has 1 heterocycles. The standard InChI is InChI=1S/C32H30F3NO5/c1-20-29(27(39-2)19-40-18-21-4-3-5-26(16-21)32(33,34)35)30(41-36-20)24-8-6-22(7-9-24)23-10-12-25(13-11-23)31(14-15-31)17-28(37)38/h3-13,16,27H,14-15,17-19H2,1-2H3,(H,37,38). The number of aliphatic carboxylic acids is 1. The van der Waals surface area contributed by atoms with E-state index in [9.17, 15) is 23.1 Å². The van der Waals surface area contributed by atoms with Crippen molar-refractivity contribution in [3.63, 3.8) is 0 Å². The minimum Gasteiger partial charge on any atom is -0.481 e. The first-order valence-corrected chi connectivity index (χ1v) is 13.3. The number of nitrogens with zero attached hydrogens (tertiary/aromatic N) is 1. The van der Waals surface area contributed by atoms with Gasteiger partial charge in [0.2, 0.25) is 0 Å². The highest BCUT2D eigenvalue weighted by atomic mass is 19.4.